The van der Waals surface area contributed by atoms with Crippen molar-refractivity contribution in [2.24, 2.45) is 4.99 Å². The molecule has 0 saturated carbocycles. The van der Waals surface area contributed by atoms with Crippen LogP contribution in [0.15, 0.2) is 47.7 Å². The zero-order valence-electron chi connectivity index (χ0n) is 16.9. The van der Waals surface area contributed by atoms with Crippen LogP contribution in [0.2, 0.25) is 0 Å². The van der Waals surface area contributed by atoms with E-state index >= 15 is 0 Å². The Morgan fingerprint density at radius 1 is 1.24 bits per heavy atom. The van der Waals surface area contributed by atoms with Gasteiger partial charge in [-0.2, -0.15) is 5.10 Å². The highest BCUT2D eigenvalue weighted by Crippen LogP contribution is 2.25. The smallest absolute Gasteiger partial charge is 0.194 e. The molecule has 0 unspecified atom stereocenters. The van der Waals surface area contributed by atoms with E-state index in [2.05, 4.69) is 73.6 Å². The lowest BCUT2D eigenvalue weighted by molar-refractivity contribution is 0.299. The molecule has 4 rings (SSSR count). The second-order valence-corrected chi connectivity index (χ2v) is 7.35. The fourth-order valence-corrected chi connectivity index (χ4v) is 3.91. The molecule has 0 aliphatic carbocycles. The second kappa shape index (κ2) is 10.6. The van der Waals surface area contributed by atoms with Gasteiger partial charge in [0, 0.05) is 44.3 Å². The first-order valence-corrected chi connectivity index (χ1v) is 10.2. The number of nitrogens with one attached hydrogen (secondary N) is 2. The maximum absolute atomic E-state index is 4.92. The number of anilines is 1. The van der Waals surface area contributed by atoms with Gasteiger partial charge in [0.05, 0.1) is 6.54 Å². The number of halogens is 1. The molecule has 0 radical (unpaired) electrons. The third kappa shape index (κ3) is 5.49. The zero-order chi connectivity index (χ0) is 19.2. The Kier molecular flexibility index (Phi) is 7.91. The van der Waals surface area contributed by atoms with Crippen molar-refractivity contribution in [2.75, 3.05) is 37.6 Å². The minimum atomic E-state index is 0. The number of likely N-dealkylation sites (tertiary alicyclic amines) is 1. The van der Waals surface area contributed by atoms with Crippen LogP contribution in [-0.2, 0) is 6.54 Å². The largest absolute Gasteiger partial charge is 0.364 e. The van der Waals surface area contributed by atoms with Gasteiger partial charge in [0.25, 0.3) is 0 Å². The molecule has 2 aliphatic heterocycles. The Hall–Kier alpha value is -2.10. The second-order valence-electron chi connectivity index (χ2n) is 7.35. The standard InChI is InChI=1S/C21H29N7.HI/c1-2-22-21(28-12-8-18(9-13-28)20-24-16-25-26-20)23-15-17-6-5-7-19(14-17)27-10-3-4-11-27;/h3-7,14,16,18H,2,8-13,15H2,1H3,(H,22,23)(H,24,25,26);1H. The predicted molar refractivity (Wildman–Crippen MR) is 128 cm³/mol. The number of piperidine rings is 1. The quantitative estimate of drug-likeness (QED) is 0.282. The molecule has 0 bridgehead atoms. The number of aromatic amines is 1. The third-order valence-corrected chi connectivity index (χ3v) is 5.46. The molecule has 156 valence electrons. The first-order valence-electron chi connectivity index (χ1n) is 10.2. The SMILES string of the molecule is CCNC(=NCc1cccc(N2CC=CC2)c1)N1CCC(c2ncn[nH]2)CC1.I. The van der Waals surface area contributed by atoms with Gasteiger partial charge in [-0.1, -0.05) is 24.3 Å². The highest BCUT2D eigenvalue weighted by atomic mass is 127. The molecular weight excluding hydrogens is 477 g/mol. The molecule has 7 nitrogen and oxygen atoms in total. The van der Waals surface area contributed by atoms with Crippen LogP contribution in [0.1, 0.15) is 37.1 Å². The minimum Gasteiger partial charge on any atom is -0.364 e. The van der Waals surface area contributed by atoms with Crippen molar-refractivity contribution in [3.8, 4) is 0 Å². The monoisotopic (exact) mass is 507 g/mol. The van der Waals surface area contributed by atoms with E-state index < -0.39 is 0 Å². The number of benzene rings is 1. The fraction of sp³-hybridized carbons (Fsp3) is 0.476. The van der Waals surface area contributed by atoms with Crippen molar-refractivity contribution >= 4 is 35.6 Å². The number of aromatic nitrogens is 3. The van der Waals surface area contributed by atoms with Crippen LogP contribution >= 0.6 is 24.0 Å². The minimum absolute atomic E-state index is 0. The number of hydrogen-bond donors (Lipinski definition) is 2. The summed E-state index contributed by atoms with van der Waals surface area (Å²) in [5.74, 6) is 2.48. The normalized spacial score (nSPS) is 17.5. The van der Waals surface area contributed by atoms with Crippen LogP contribution in [0, 0.1) is 0 Å². The fourth-order valence-electron chi connectivity index (χ4n) is 3.91. The summed E-state index contributed by atoms with van der Waals surface area (Å²) >= 11 is 0. The lowest BCUT2D eigenvalue weighted by Crippen LogP contribution is -2.45. The van der Waals surface area contributed by atoms with Gasteiger partial charge in [-0.3, -0.25) is 5.10 Å². The van der Waals surface area contributed by atoms with Crippen LogP contribution in [0.25, 0.3) is 0 Å². The summed E-state index contributed by atoms with van der Waals surface area (Å²) in [6.45, 7) is 7.65. The molecule has 1 aromatic carbocycles. The van der Waals surface area contributed by atoms with E-state index in [-0.39, 0.29) is 24.0 Å². The lowest BCUT2D eigenvalue weighted by Gasteiger charge is -2.33. The molecule has 0 spiro atoms. The van der Waals surface area contributed by atoms with Gasteiger partial charge in [-0.05, 0) is 37.5 Å². The summed E-state index contributed by atoms with van der Waals surface area (Å²) in [6.07, 6.45) is 8.17. The highest BCUT2D eigenvalue weighted by Gasteiger charge is 2.24. The van der Waals surface area contributed by atoms with Gasteiger partial charge >= 0.3 is 0 Å². The maximum Gasteiger partial charge on any atom is 0.194 e. The molecule has 1 fully saturated rings. The number of nitrogens with zero attached hydrogens (tertiary/aromatic N) is 5. The molecule has 0 atom stereocenters. The van der Waals surface area contributed by atoms with Gasteiger partial charge in [0.1, 0.15) is 12.2 Å². The first kappa shape index (κ1) is 21.6. The molecule has 2 N–H and O–H groups in total. The first-order chi connectivity index (χ1) is 13.8. The summed E-state index contributed by atoms with van der Waals surface area (Å²) in [4.78, 5) is 14.0. The Bertz CT molecular complexity index is 802. The van der Waals surface area contributed by atoms with Gasteiger partial charge in [-0.15, -0.1) is 24.0 Å². The molecule has 0 amide bonds. The molecule has 2 aromatic rings. The molecule has 1 aromatic heterocycles. The average molecular weight is 507 g/mol. The van der Waals surface area contributed by atoms with Crippen molar-refractivity contribution in [2.45, 2.75) is 32.2 Å². The Morgan fingerprint density at radius 3 is 2.72 bits per heavy atom. The van der Waals surface area contributed by atoms with Gasteiger partial charge in [0.15, 0.2) is 5.96 Å². The summed E-state index contributed by atoms with van der Waals surface area (Å²) in [7, 11) is 0. The average Bonchev–Trinajstić information content (AvgIpc) is 3.46. The van der Waals surface area contributed by atoms with Crippen LogP contribution in [0.5, 0.6) is 0 Å². The molecule has 2 aliphatic rings. The topological polar surface area (TPSA) is 72.4 Å². The summed E-state index contributed by atoms with van der Waals surface area (Å²) in [5, 5.41) is 10.5. The lowest BCUT2D eigenvalue weighted by atomic mass is 9.96. The van der Waals surface area contributed by atoms with E-state index in [1.165, 1.54) is 11.3 Å². The molecular formula is C21H30IN7. The summed E-state index contributed by atoms with van der Waals surface area (Å²) < 4.78 is 0. The predicted octanol–water partition coefficient (Wildman–Crippen LogP) is 3.14. The van der Waals surface area contributed by atoms with Crippen LogP contribution in [-0.4, -0.2) is 58.8 Å². The number of H-pyrrole nitrogens is 1. The number of rotatable bonds is 5. The molecule has 3 heterocycles. The molecule has 29 heavy (non-hydrogen) atoms. The van der Waals surface area contributed by atoms with Crippen molar-refractivity contribution in [3.05, 3.63) is 54.1 Å². The molecule has 1 saturated heterocycles. The maximum atomic E-state index is 4.92. The Morgan fingerprint density at radius 2 is 2.03 bits per heavy atom. The number of aliphatic imine (C=N–C) groups is 1. The van der Waals surface area contributed by atoms with E-state index in [1.54, 1.807) is 6.33 Å². The van der Waals surface area contributed by atoms with Crippen LogP contribution in [0.4, 0.5) is 5.69 Å². The van der Waals surface area contributed by atoms with Gasteiger partial charge in [0.2, 0.25) is 0 Å². The van der Waals surface area contributed by atoms with E-state index in [9.17, 15) is 0 Å². The Balaban J connectivity index is 0.00000240. The summed E-state index contributed by atoms with van der Waals surface area (Å²) in [6, 6.07) is 8.74. The number of hydrogen-bond acceptors (Lipinski definition) is 4. The number of guanidine groups is 1. The van der Waals surface area contributed by atoms with Crippen molar-refractivity contribution < 1.29 is 0 Å². The van der Waals surface area contributed by atoms with Gasteiger partial charge in [-0.25, -0.2) is 9.98 Å². The third-order valence-electron chi connectivity index (χ3n) is 5.46. The van der Waals surface area contributed by atoms with E-state index in [1.807, 2.05) is 0 Å². The molecule has 8 heteroatoms. The van der Waals surface area contributed by atoms with E-state index in [4.69, 9.17) is 4.99 Å². The van der Waals surface area contributed by atoms with E-state index in [0.29, 0.717) is 12.5 Å². The van der Waals surface area contributed by atoms with Gasteiger partial charge < -0.3 is 15.1 Å². The van der Waals surface area contributed by atoms with Crippen molar-refractivity contribution in [1.82, 2.24) is 25.4 Å². The Labute approximate surface area is 189 Å². The van der Waals surface area contributed by atoms with E-state index in [0.717, 1.165) is 57.3 Å². The zero-order valence-corrected chi connectivity index (χ0v) is 19.3. The van der Waals surface area contributed by atoms with Crippen LogP contribution in [0.3, 0.4) is 0 Å². The highest BCUT2D eigenvalue weighted by molar-refractivity contribution is 14.0. The van der Waals surface area contributed by atoms with Crippen molar-refractivity contribution in [1.29, 1.82) is 0 Å². The van der Waals surface area contributed by atoms with Crippen molar-refractivity contribution in [3.63, 3.8) is 0 Å². The van der Waals surface area contributed by atoms with Crippen LogP contribution < -0.4 is 10.2 Å². The summed E-state index contributed by atoms with van der Waals surface area (Å²) in [5.41, 5.74) is 2.52.